The molecule has 0 aliphatic heterocycles. The predicted octanol–water partition coefficient (Wildman–Crippen LogP) is 0.612. The molecule has 0 aliphatic rings. The average Bonchev–Trinajstić information content (AvgIpc) is 2.34. The van der Waals surface area contributed by atoms with Crippen LogP contribution in [0.5, 0.6) is 0 Å². The van der Waals surface area contributed by atoms with E-state index in [4.69, 9.17) is 5.26 Å². The first-order chi connectivity index (χ1) is 8.60. The summed E-state index contributed by atoms with van der Waals surface area (Å²) in [5, 5.41) is 8.80. The van der Waals surface area contributed by atoms with E-state index in [1.165, 1.54) is 23.8 Å². The fourth-order valence-electron chi connectivity index (χ4n) is 2.01. The highest BCUT2D eigenvalue weighted by Crippen LogP contribution is 2.07. The minimum atomic E-state index is -0.155. The van der Waals surface area contributed by atoms with Crippen LogP contribution in [0.3, 0.4) is 0 Å². The van der Waals surface area contributed by atoms with Crippen LogP contribution < -0.4 is 21.2 Å². The van der Waals surface area contributed by atoms with Gasteiger partial charge in [0.05, 0.1) is 11.6 Å². The molecule has 2 heteroatoms. The maximum Gasteiger partial charge on any atom is 0.358 e. The molecule has 2 rings (SSSR count). The van der Waals surface area contributed by atoms with Gasteiger partial charge in [-0.25, -0.2) is 0 Å². The summed E-state index contributed by atoms with van der Waals surface area (Å²) in [7, 11) is 0. The summed E-state index contributed by atoms with van der Waals surface area (Å²) in [5.41, 5.74) is 4.85. The number of aryl methyl sites for hydroxylation is 3. The van der Waals surface area contributed by atoms with Gasteiger partial charge in [0.1, 0.15) is 0 Å². The van der Waals surface area contributed by atoms with Crippen LogP contribution in [0, 0.1) is 39.2 Å². The van der Waals surface area contributed by atoms with Crippen molar-refractivity contribution in [3.63, 3.8) is 0 Å². The largest absolute Gasteiger partial charge is 0.358 e. The van der Waals surface area contributed by atoms with Crippen LogP contribution >= 0.6 is 0 Å². The second kappa shape index (κ2) is 5.53. The summed E-state index contributed by atoms with van der Waals surface area (Å²) in [4.78, 5) is 0. The van der Waals surface area contributed by atoms with Crippen LogP contribution in [0.25, 0.3) is 0 Å². The summed E-state index contributed by atoms with van der Waals surface area (Å²) in [6.45, 7) is 6.53. The van der Waals surface area contributed by atoms with Crippen molar-refractivity contribution in [3.8, 4) is 6.07 Å². The summed E-state index contributed by atoms with van der Waals surface area (Å²) in [6.07, 6.45) is 0. The second-order valence-electron chi connectivity index (χ2n) is 4.43. The number of hydrogen-bond acceptors (Lipinski definition) is 1. The van der Waals surface area contributed by atoms with Crippen LogP contribution in [-0.4, -0.2) is 0 Å². The summed E-state index contributed by atoms with van der Waals surface area (Å²) in [6, 6.07) is 14.7. The topological polar surface area (TPSA) is 23.8 Å². The lowest BCUT2D eigenvalue weighted by molar-refractivity contribution is -0.598. The van der Waals surface area contributed by atoms with Crippen LogP contribution in [0.2, 0.25) is 0 Å². The standard InChI is InChI=1S/C16H15IN/c1-11-8-12(2)16(13(3)9-11)17-15-6-4-14(10-18)5-7-15/h4-9H,1-3H3/q+1. The number of halogens is 1. The van der Waals surface area contributed by atoms with Crippen LogP contribution in [0.1, 0.15) is 22.3 Å². The highest BCUT2D eigenvalue weighted by Gasteiger charge is 2.21. The zero-order valence-corrected chi connectivity index (χ0v) is 12.9. The quantitative estimate of drug-likeness (QED) is 0.730. The maximum atomic E-state index is 8.80. The molecule has 0 aromatic heterocycles. The van der Waals surface area contributed by atoms with Crippen molar-refractivity contribution in [1.29, 1.82) is 5.26 Å². The van der Waals surface area contributed by atoms with Crippen molar-refractivity contribution in [2.24, 2.45) is 0 Å². The summed E-state index contributed by atoms with van der Waals surface area (Å²) < 4.78 is 2.87. The molecule has 0 fully saturated rings. The third-order valence-corrected chi connectivity index (χ3v) is 6.34. The molecule has 0 atom stereocenters. The number of rotatable bonds is 2. The molecule has 0 amide bonds. The zero-order valence-electron chi connectivity index (χ0n) is 10.8. The molecule has 1 nitrogen and oxygen atoms in total. The smallest absolute Gasteiger partial charge is 0.192 e. The van der Waals surface area contributed by atoms with Crippen molar-refractivity contribution < 1.29 is 21.2 Å². The molecule has 18 heavy (non-hydrogen) atoms. The van der Waals surface area contributed by atoms with Crippen molar-refractivity contribution in [1.82, 2.24) is 0 Å². The summed E-state index contributed by atoms with van der Waals surface area (Å²) in [5.74, 6) is 0. The Labute approximate surface area is 119 Å². The predicted molar refractivity (Wildman–Crippen MR) is 69.2 cm³/mol. The van der Waals surface area contributed by atoms with Gasteiger partial charge >= 0.3 is 21.2 Å². The van der Waals surface area contributed by atoms with Crippen molar-refractivity contribution >= 4 is 0 Å². The highest BCUT2D eigenvalue weighted by atomic mass is 127. The lowest BCUT2D eigenvalue weighted by Crippen LogP contribution is -3.62. The van der Waals surface area contributed by atoms with E-state index >= 15 is 0 Å². The van der Waals surface area contributed by atoms with Gasteiger partial charge in [0.25, 0.3) is 0 Å². The monoisotopic (exact) mass is 348 g/mol. The van der Waals surface area contributed by atoms with Crippen LogP contribution in [0.4, 0.5) is 0 Å². The fraction of sp³-hybridized carbons (Fsp3) is 0.188. The Kier molecular flexibility index (Phi) is 4.03. The number of nitriles is 1. The lowest BCUT2D eigenvalue weighted by Gasteiger charge is -2.00. The van der Waals surface area contributed by atoms with Gasteiger partial charge in [0, 0.05) is 11.1 Å². The van der Waals surface area contributed by atoms with E-state index in [0.29, 0.717) is 0 Å². The van der Waals surface area contributed by atoms with Crippen molar-refractivity contribution in [2.45, 2.75) is 20.8 Å². The number of benzene rings is 2. The first kappa shape index (κ1) is 13.1. The molecule has 0 saturated heterocycles. The molecular formula is C16H15IN+. The van der Waals surface area contributed by atoms with Crippen LogP contribution in [-0.2, 0) is 0 Å². The van der Waals surface area contributed by atoms with Crippen molar-refractivity contribution in [3.05, 3.63) is 65.8 Å². The molecule has 0 spiro atoms. The fourth-order valence-corrected chi connectivity index (χ4v) is 4.51. The van der Waals surface area contributed by atoms with Gasteiger partial charge in [0.2, 0.25) is 0 Å². The van der Waals surface area contributed by atoms with Crippen LogP contribution in [0.15, 0.2) is 36.4 Å². The molecule has 0 heterocycles. The molecule has 90 valence electrons. The van der Waals surface area contributed by atoms with E-state index in [0.717, 1.165) is 5.56 Å². The molecule has 0 saturated carbocycles. The Bertz CT molecular complexity index is 583. The third-order valence-electron chi connectivity index (χ3n) is 2.76. The molecule has 0 aliphatic carbocycles. The SMILES string of the molecule is Cc1cc(C)c([I+]c2ccc(C#N)cc2)c(C)c1. The minimum absolute atomic E-state index is 0.155. The van der Waals surface area contributed by atoms with E-state index in [9.17, 15) is 0 Å². The van der Waals surface area contributed by atoms with Gasteiger partial charge < -0.3 is 0 Å². The van der Waals surface area contributed by atoms with Gasteiger partial charge in [-0.3, -0.25) is 0 Å². The second-order valence-corrected chi connectivity index (χ2v) is 7.29. The van der Waals surface area contributed by atoms with Gasteiger partial charge in [0.15, 0.2) is 7.14 Å². The molecular weight excluding hydrogens is 333 g/mol. The van der Waals surface area contributed by atoms with E-state index in [2.05, 4.69) is 51.1 Å². The zero-order chi connectivity index (χ0) is 13.1. The lowest BCUT2D eigenvalue weighted by atomic mass is 10.1. The van der Waals surface area contributed by atoms with Gasteiger partial charge in [-0.1, -0.05) is 17.7 Å². The van der Waals surface area contributed by atoms with E-state index < -0.39 is 0 Å². The Balaban J connectivity index is 2.31. The average molecular weight is 348 g/mol. The van der Waals surface area contributed by atoms with E-state index in [-0.39, 0.29) is 21.2 Å². The Hall–Kier alpha value is -1.34. The normalized spacial score (nSPS) is 10.1. The minimum Gasteiger partial charge on any atom is -0.192 e. The molecule has 0 N–H and O–H groups in total. The third kappa shape index (κ3) is 2.91. The summed E-state index contributed by atoms with van der Waals surface area (Å²) >= 11 is -0.155. The first-order valence-electron chi connectivity index (χ1n) is 5.83. The Morgan fingerprint density at radius 3 is 2.00 bits per heavy atom. The Morgan fingerprint density at radius 1 is 0.944 bits per heavy atom. The molecule has 2 aromatic carbocycles. The molecule has 0 radical (unpaired) electrons. The Morgan fingerprint density at radius 2 is 1.50 bits per heavy atom. The van der Waals surface area contributed by atoms with Gasteiger partial charge in [-0.15, -0.1) is 0 Å². The van der Waals surface area contributed by atoms with Gasteiger partial charge in [-0.2, -0.15) is 5.26 Å². The van der Waals surface area contributed by atoms with E-state index in [1.807, 2.05) is 12.1 Å². The highest BCUT2D eigenvalue weighted by molar-refractivity contribution is 5.29. The molecule has 0 unspecified atom stereocenters. The molecule has 0 bridgehead atoms. The van der Waals surface area contributed by atoms with E-state index in [1.54, 1.807) is 0 Å². The van der Waals surface area contributed by atoms with Gasteiger partial charge in [-0.05, 0) is 45.0 Å². The van der Waals surface area contributed by atoms with Crippen molar-refractivity contribution in [2.75, 3.05) is 0 Å². The number of nitrogens with zero attached hydrogens (tertiary/aromatic N) is 1. The maximum absolute atomic E-state index is 8.80. The number of hydrogen-bond donors (Lipinski definition) is 0. The first-order valence-corrected chi connectivity index (χ1v) is 7.99. The molecule has 2 aromatic rings.